The summed E-state index contributed by atoms with van der Waals surface area (Å²) in [6.07, 6.45) is 0. The number of benzene rings is 2. The highest BCUT2D eigenvalue weighted by Crippen LogP contribution is 2.33. The van der Waals surface area contributed by atoms with Crippen molar-refractivity contribution in [1.29, 1.82) is 0 Å². The smallest absolute Gasteiger partial charge is 0.142 e. The third-order valence-electron chi connectivity index (χ3n) is 3.22. The van der Waals surface area contributed by atoms with E-state index in [4.69, 9.17) is 11.6 Å². The molecule has 0 spiro atoms. The van der Waals surface area contributed by atoms with Gasteiger partial charge in [0.1, 0.15) is 11.6 Å². The zero-order chi connectivity index (χ0) is 14.3. The number of aromatic hydroxyl groups is 1. The Balaban J connectivity index is 2.32. The Bertz CT molecular complexity index is 798. The Morgan fingerprint density at radius 2 is 2.05 bits per heavy atom. The highest BCUT2D eigenvalue weighted by atomic mass is 79.9. The molecule has 0 aliphatic heterocycles. The minimum absolute atomic E-state index is 0.181. The summed E-state index contributed by atoms with van der Waals surface area (Å²) in [6, 6.07) is 10.9. The summed E-state index contributed by atoms with van der Waals surface area (Å²) < 4.78 is 3.07. The molecule has 1 aromatic heterocycles. The first-order valence-electron chi connectivity index (χ1n) is 6.25. The first kappa shape index (κ1) is 13.5. The van der Waals surface area contributed by atoms with Crippen LogP contribution in [0.2, 0.25) is 5.02 Å². The van der Waals surface area contributed by atoms with Gasteiger partial charge in [0.15, 0.2) is 0 Å². The molecule has 1 N–H and O–H groups in total. The Morgan fingerprint density at radius 1 is 1.25 bits per heavy atom. The standard InChI is InChI=1S/C15H12BrClN2O/c1-2-19-14-6-3-9(16)7-13(14)18-15(19)11-8-10(20)4-5-12(11)17/h3-8,20H,2H2,1H3. The number of phenols is 1. The highest BCUT2D eigenvalue weighted by Gasteiger charge is 2.14. The van der Waals surface area contributed by atoms with E-state index >= 15 is 0 Å². The molecule has 0 atom stereocenters. The molecule has 20 heavy (non-hydrogen) atoms. The van der Waals surface area contributed by atoms with E-state index in [9.17, 15) is 5.11 Å². The molecule has 1 heterocycles. The number of aryl methyl sites for hydroxylation is 1. The molecule has 0 amide bonds. The quantitative estimate of drug-likeness (QED) is 0.717. The van der Waals surface area contributed by atoms with Crippen molar-refractivity contribution >= 4 is 38.6 Å². The second kappa shape index (κ2) is 5.11. The van der Waals surface area contributed by atoms with Gasteiger partial charge in [-0.05, 0) is 43.3 Å². The van der Waals surface area contributed by atoms with Crippen LogP contribution in [-0.4, -0.2) is 14.7 Å². The van der Waals surface area contributed by atoms with Crippen LogP contribution in [0, 0.1) is 0 Å². The fraction of sp³-hybridized carbons (Fsp3) is 0.133. The number of hydrogen-bond donors (Lipinski definition) is 1. The first-order chi connectivity index (χ1) is 9.60. The Hall–Kier alpha value is -1.52. The number of nitrogens with zero attached hydrogens (tertiary/aromatic N) is 2. The SMILES string of the molecule is CCn1c(-c2cc(O)ccc2Cl)nc2cc(Br)ccc21. The van der Waals surface area contributed by atoms with Gasteiger partial charge < -0.3 is 9.67 Å². The number of halogens is 2. The van der Waals surface area contributed by atoms with Crippen molar-refractivity contribution in [2.24, 2.45) is 0 Å². The fourth-order valence-electron chi connectivity index (χ4n) is 2.31. The first-order valence-corrected chi connectivity index (χ1v) is 7.42. The van der Waals surface area contributed by atoms with Crippen LogP contribution in [-0.2, 0) is 6.54 Å². The maximum Gasteiger partial charge on any atom is 0.142 e. The number of phenolic OH excluding ortho intramolecular Hbond substituents is 1. The monoisotopic (exact) mass is 350 g/mol. The summed E-state index contributed by atoms with van der Waals surface area (Å²) in [5.41, 5.74) is 2.68. The van der Waals surface area contributed by atoms with Crippen molar-refractivity contribution in [3.05, 3.63) is 45.9 Å². The lowest BCUT2D eigenvalue weighted by molar-refractivity contribution is 0.475. The van der Waals surface area contributed by atoms with Gasteiger partial charge in [-0.25, -0.2) is 4.98 Å². The lowest BCUT2D eigenvalue weighted by Gasteiger charge is -2.08. The summed E-state index contributed by atoms with van der Waals surface area (Å²) in [5, 5.41) is 10.3. The second-order valence-electron chi connectivity index (χ2n) is 4.48. The normalized spacial score (nSPS) is 11.2. The average Bonchev–Trinajstić information content (AvgIpc) is 2.78. The summed E-state index contributed by atoms with van der Waals surface area (Å²) in [7, 11) is 0. The zero-order valence-electron chi connectivity index (χ0n) is 10.8. The van der Waals surface area contributed by atoms with Gasteiger partial charge in [-0.3, -0.25) is 0 Å². The van der Waals surface area contributed by atoms with E-state index in [-0.39, 0.29) is 5.75 Å². The summed E-state index contributed by atoms with van der Waals surface area (Å²) in [5.74, 6) is 0.946. The van der Waals surface area contributed by atoms with Gasteiger partial charge in [0.2, 0.25) is 0 Å². The lowest BCUT2D eigenvalue weighted by atomic mass is 10.2. The molecule has 0 aliphatic rings. The summed E-state index contributed by atoms with van der Waals surface area (Å²) in [4.78, 5) is 4.65. The molecule has 5 heteroatoms. The number of imidazole rings is 1. The molecule has 0 saturated heterocycles. The zero-order valence-corrected chi connectivity index (χ0v) is 13.1. The minimum Gasteiger partial charge on any atom is -0.508 e. The van der Waals surface area contributed by atoms with Crippen LogP contribution >= 0.6 is 27.5 Å². The van der Waals surface area contributed by atoms with Crippen LogP contribution in [0.5, 0.6) is 5.75 Å². The fourth-order valence-corrected chi connectivity index (χ4v) is 2.86. The average molecular weight is 352 g/mol. The minimum atomic E-state index is 0.181. The predicted octanol–water partition coefficient (Wildman–Crippen LogP) is 4.84. The molecule has 3 nitrogen and oxygen atoms in total. The van der Waals surface area contributed by atoms with Crippen LogP contribution < -0.4 is 0 Å². The third kappa shape index (κ3) is 2.19. The molecule has 0 aliphatic carbocycles. The lowest BCUT2D eigenvalue weighted by Crippen LogP contribution is -1.97. The van der Waals surface area contributed by atoms with Crippen LogP contribution in [0.1, 0.15) is 6.92 Å². The molecule has 0 fully saturated rings. The third-order valence-corrected chi connectivity index (χ3v) is 4.04. The van der Waals surface area contributed by atoms with E-state index in [1.54, 1.807) is 18.2 Å². The van der Waals surface area contributed by atoms with Crippen molar-refractivity contribution in [3.8, 4) is 17.1 Å². The molecule has 0 saturated carbocycles. The van der Waals surface area contributed by atoms with Gasteiger partial charge in [-0.15, -0.1) is 0 Å². The van der Waals surface area contributed by atoms with Crippen molar-refractivity contribution in [3.63, 3.8) is 0 Å². The topological polar surface area (TPSA) is 38.0 Å². The van der Waals surface area contributed by atoms with E-state index in [0.29, 0.717) is 5.02 Å². The number of aromatic nitrogens is 2. The van der Waals surface area contributed by atoms with E-state index < -0.39 is 0 Å². The van der Waals surface area contributed by atoms with Crippen LogP contribution in [0.15, 0.2) is 40.9 Å². The number of fused-ring (bicyclic) bond motifs is 1. The van der Waals surface area contributed by atoms with Crippen molar-refractivity contribution in [1.82, 2.24) is 9.55 Å². The summed E-state index contributed by atoms with van der Waals surface area (Å²) in [6.45, 7) is 2.84. The highest BCUT2D eigenvalue weighted by molar-refractivity contribution is 9.10. The van der Waals surface area contributed by atoms with E-state index in [2.05, 4.69) is 32.4 Å². The van der Waals surface area contributed by atoms with E-state index in [1.165, 1.54) is 0 Å². The molecular weight excluding hydrogens is 340 g/mol. The predicted molar refractivity (Wildman–Crippen MR) is 85.2 cm³/mol. The van der Waals surface area contributed by atoms with Crippen LogP contribution in [0.4, 0.5) is 0 Å². The van der Waals surface area contributed by atoms with E-state index in [1.807, 2.05) is 18.2 Å². The van der Waals surface area contributed by atoms with Gasteiger partial charge in [0.25, 0.3) is 0 Å². The molecule has 102 valence electrons. The Morgan fingerprint density at radius 3 is 2.80 bits per heavy atom. The molecule has 0 bridgehead atoms. The van der Waals surface area contributed by atoms with Crippen LogP contribution in [0.25, 0.3) is 22.4 Å². The molecule has 0 radical (unpaired) electrons. The second-order valence-corrected chi connectivity index (χ2v) is 5.80. The van der Waals surface area contributed by atoms with Gasteiger partial charge in [-0.1, -0.05) is 27.5 Å². The van der Waals surface area contributed by atoms with Crippen molar-refractivity contribution in [2.45, 2.75) is 13.5 Å². The number of hydrogen-bond acceptors (Lipinski definition) is 2. The maximum atomic E-state index is 9.68. The summed E-state index contributed by atoms with van der Waals surface area (Å²) >= 11 is 9.70. The van der Waals surface area contributed by atoms with Gasteiger partial charge in [0, 0.05) is 16.6 Å². The largest absolute Gasteiger partial charge is 0.508 e. The van der Waals surface area contributed by atoms with Crippen molar-refractivity contribution < 1.29 is 5.11 Å². The maximum absolute atomic E-state index is 9.68. The molecule has 3 aromatic rings. The Kier molecular flexibility index (Phi) is 3.44. The van der Waals surface area contributed by atoms with E-state index in [0.717, 1.165) is 33.4 Å². The molecule has 0 unspecified atom stereocenters. The van der Waals surface area contributed by atoms with Gasteiger partial charge in [0.05, 0.1) is 16.1 Å². The molecular formula is C15H12BrClN2O. The Labute approximate surface area is 130 Å². The van der Waals surface area contributed by atoms with Crippen molar-refractivity contribution in [2.75, 3.05) is 0 Å². The molecule has 2 aromatic carbocycles. The number of rotatable bonds is 2. The van der Waals surface area contributed by atoms with Crippen LogP contribution in [0.3, 0.4) is 0 Å². The van der Waals surface area contributed by atoms with Gasteiger partial charge in [-0.2, -0.15) is 0 Å². The van der Waals surface area contributed by atoms with Gasteiger partial charge >= 0.3 is 0 Å². The molecule has 3 rings (SSSR count).